The zero-order chi connectivity index (χ0) is 21.6. The van der Waals surface area contributed by atoms with Crippen molar-refractivity contribution < 1.29 is 38.4 Å². The molecule has 0 aromatic heterocycles. The fraction of sp³-hybridized carbons (Fsp3) is 0.450. The van der Waals surface area contributed by atoms with Gasteiger partial charge in [0.25, 0.3) is 5.79 Å². The lowest BCUT2D eigenvalue weighted by atomic mass is 9.92. The van der Waals surface area contributed by atoms with E-state index in [0.717, 1.165) is 0 Å². The van der Waals surface area contributed by atoms with Gasteiger partial charge in [-0.1, -0.05) is 11.6 Å². The molecule has 0 amide bonds. The second-order valence-corrected chi connectivity index (χ2v) is 8.07. The van der Waals surface area contributed by atoms with Gasteiger partial charge in [-0.15, -0.1) is 0 Å². The molecule has 29 heavy (non-hydrogen) atoms. The fourth-order valence-corrected chi connectivity index (χ4v) is 3.37. The van der Waals surface area contributed by atoms with Crippen molar-refractivity contribution in [3.63, 3.8) is 0 Å². The van der Waals surface area contributed by atoms with Gasteiger partial charge in [0.15, 0.2) is 5.79 Å². The van der Waals surface area contributed by atoms with E-state index in [2.05, 4.69) is 0 Å². The maximum absolute atomic E-state index is 12.1. The number of hydrogen-bond donors (Lipinski definition) is 0. The van der Waals surface area contributed by atoms with Gasteiger partial charge in [0, 0.05) is 18.9 Å². The molecule has 0 bridgehead atoms. The van der Waals surface area contributed by atoms with E-state index in [9.17, 15) is 19.5 Å². The zero-order valence-electron chi connectivity index (χ0n) is 16.4. The molecule has 1 fully saturated rings. The Balaban J connectivity index is 1.95. The number of allylic oxidation sites excluding steroid dienone is 4. The normalized spacial score (nSPS) is 25.3. The molecule has 156 valence electrons. The monoisotopic (exact) mass is 423 g/mol. The standard InChI is InChI=1S/C20H21ClO8/c1-19(2)26-15(22)12(16(23)27-19)8-10-6-5-7-11(14(10)21)9-13-17(24)28-20(3,4)29-18(13)25/h8-9,22H,5-7H2,1-4H3/p-1. The van der Waals surface area contributed by atoms with Crippen LogP contribution < -0.4 is 5.11 Å². The SMILES string of the molecule is CC1(C)OC(=O)C(=CC2=C(Cl)C(=CC3=C([O-])OC(C)(C)OC3=O)CCC2)C(=O)O1. The lowest BCUT2D eigenvalue weighted by Gasteiger charge is -2.39. The van der Waals surface area contributed by atoms with E-state index < -0.39 is 35.4 Å². The predicted octanol–water partition coefficient (Wildman–Crippen LogP) is 2.23. The Bertz CT molecular complexity index is 895. The Hall–Kier alpha value is -2.74. The third kappa shape index (κ3) is 4.48. The van der Waals surface area contributed by atoms with Crippen LogP contribution in [0, 0.1) is 0 Å². The first-order valence-electron chi connectivity index (χ1n) is 9.00. The highest BCUT2D eigenvalue weighted by Gasteiger charge is 2.39. The molecule has 0 atom stereocenters. The molecule has 3 aliphatic rings. The van der Waals surface area contributed by atoms with Gasteiger partial charge in [0.2, 0.25) is 0 Å². The lowest BCUT2D eigenvalue weighted by Crippen LogP contribution is -2.41. The minimum absolute atomic E-state index is 0.229. The van der Waals surface area contributed by atoms with Crippen molar-refractivity contribution in [2.24, 2.45) is 0 Å². The second-order valence-electron chi connectivity index (χ2n) is 7.69. The van der Waals surface area contributed by atoms with E-state index in [1.165, 1.54) is 39.8 Å². The summed E-state index contributed by atoms with van der Waals surface area (Å²) >= 11 is 6.44. The van der Waals surface area contributed by atoms with Crippen LogP contribution in [0.1, 0.15) is 47.0 Å². The molecule has 9 heteroatoms. The third-order valence-electron chi connectivity index (χ3n) is 4.33. The van der Waals surface area contributed by atoms with E-state index in [1.807, 2.05) is 0 Å². The fourth-order valence-electron chi connectivity index (χ4n) is 3.07. The average molecular weight is 424 g/mol. The van der Waals surface area contributed by atoms with Crippen LogP contribution in [0.3, 0.4) is 0 Å². The Morgan fingerprint density at radius 1 is 0.862 bits per heavy atom. The molecule has 0 saturated carbocycles. The Morgan fingerprint density at radius 3 is 2.00 bits per heavy atom. The first-order chi connectivity index (χ1) is 13.4. The number of rotatable bonds is 2. The number of esters is 3. The van der Waals surface area contributed by atoms with Crippen molar-refractivity contribution in [1.82, 2.24) is 0 Å². The molecule has 2 heterocycles. The molecule has 0 radical (unpaired) electrons. The van der Waals surface area contributed by atoms with E-state index in [0.29, 0.717) is 30.4 Å². The van der Waals surface area contributed by atoms with Crippen LogP contribution in [-0.2, 0) is 33.3 Å². The van der Waals surface area contributed by atoms with Crippen LogP contribution in [0.5, 0.6) is 0 Å². The van der Waals surface area contributed by atoms with Gasteiger partial charge < -0.3 is 24.1 Å². The maximum Gasteiger partial charge on any atom is 0.348 e. The van der Waals surface area contributed by atoms with Gasteiger partial charge in [-0.2, -0.15) is 0 Å². The average Bonchev–Trinajstić information content (AvgIpc) is 2.55. The Labute approximate surface area is 172 Å². The molecule has 1 aliphatic carbocycles. The van der Waals surface area contributed by atoms with Crippen LogP contribution in [-0.4, -0.2) is 29.5 Å². The van der Waals surface area contributed by atoms with E-state index in [1.54, 1.807) is 0 Å². The van der Waals surface area contributed by atoms with Crippen LogP contribution in [0.15, 0.2) is 45.4 Å². The summed E-state index contributed by atoms with van der Waals surface area (Å²) in [6.45, 7) is 5.81. The van der Waals surface area contributed by atoms with Crippen molar-refractivity contribution in [2.75, 3.05) is 0 Å². The highest BCUT2D eigenvalue weighted by atomic mass is 35.5. The molecule has 0 aromatic carbocycles. The van der Waals surface area contributed by atoms with Crippen molar-refractivity contribution in [3.05, 3.63) is 45.4 Å². The number of cyclic esters (lactones) is 3. The summed E-state index contributed by atoms with van der Waals surface area (Å²) in [7, 11) is 0. The Kier molecular flexibility index (Phi) is 5.25. The van der Waals surface area contributed by atoms with Gasteiger partial charge in [-0.05, 0) is 56.4 Å². The summed E-state index contributed by atoms with van der Waals surface area (Å²) < 4.78 is 20.3. The molecule has 0 aromatic rings. The number of halogens is 1. The molecule has 1 saturated heterocycles. The minimum atomic E-state index is -1.34. The minimum Gasteiger partial charge on any atom is -0.575 e. The summed E-state index contributed by atoms with van der Waals surface area (Å²) in [5.74, 6) is -5.92. The van der Waals surface area contributed by atoms with Crippen molar-refractivity contribution in [1.29, 1.82) is 0 Å². The first kappa shape index (κ1) is 21.0. The molecular weight excluding hydrogens is 404 g/mol. The van der Waals surface area contributed by atoms with Crippen LogP contribution in [0.25, 0.3) is 0 Å². The molecular formula is C20H20ClO8-. The Morgan fingerprint density at radius 2 is 1.41 bits per heavy atom. The van der Waals surface area contributed by atoms with Crippen molar-refractivity contribution in [3.8, 4) is 0 Å². The quantitative estimate of drug-likeness (QED) is 0.377. The topological polar surface area (TPSA) is 111 Å². The summed E-state index contributed by atoms with van der Waals surface area (Å²) in [5, 5.41) is 12.4. The number of hydrogen-bond acceptors (Lipinski definition) is 8. The van der Waals surface area contributed by atoms with E-state index >= 15 is 0 Å². The smallest absolute Gasteiger partial charge is 0.348 e. The summed E-state index contributed by atoms with van der Waals surface area (Å²) in [5.41, 5.74) is 0.437. The second kappa shape index (κ2) is 7.26. The van der Waals surface area contributed by atoms with Gasteiger partial charge in [0.05, 0.1) is 11.5 Å². The highest BCUT2D eigenvalue weighted by Crippen LogP contribution is 2.36. The lowest BCUT2D eigenvalue weighted by molar-refractivity contribution is -0.393. The molecule has 3 rings (SSSR count). The van der Waals surface area contributed by atoms with Crippen LogP contribution >= 0.6 is 11.6 Å². The summed E-state index contributed by atoms with van der Waals surface area (Å²) in [6, 6.07) is 0. The maximum atomic E-state index is 12.1. The van der Waals surface area contributed by atoms with E-state index in [-0.39, 0.29) is 16.2 Å². The first-order valence-corrected chi connectivity index (χ1v) is 9.38. The summed E-state index contributed by atoms with van der Waals surface area (Å²) in [6.07, 6.45) is 4.24. The molecule has 0 unspecified atom stereocenters. The van der Waals surface area contributed by atoms with Gasteiger partial charge in [-0.25, -0.2) is 14.4 Å². The number of carbonyl (C=O) groups is 3. The molecule has 8 nitrogen and oxygen atoms in total. The molecule has 0 spiro atoms. The van der Waals surface area contributed by atoms with Gasteiger partial charge in [-0.3, -0.25) is 0 Å². The summed E-state index contributed by atoms with van der Waals surface area (Å²) in [4.78, 5) is 36.4. The molecule has 0 N–H and O–H groups in total. The number of ether oxygens (including phenoxy) is 4. The highest BCUT2D eigenvalue weighted by molar-refractivity contribution is 6.33. The van der Waals surface area contributed by atoms with Crippen LogP contribution in [0.4, 0.5) is 0 Å². The largest absolute Gasteiger partial charge is 0.575 e. The third-order valence-corrected chi connectivity index (χ3v) is 4.81. The van der Waals surface area contributed by atoms with Crippen molar-refractivity contribution >= 4 is 29.5 Å². The molecule has 2 aliphatic heterocycles. The van der Waals surface area contributed by atoms with Crippen molar-refractivity contribution in [2.45, 2.75) is 58.5 Å². The van der Waals surface area contributed by atoms with E-state index in [4.69, 9.17) is 30.5 Å². The van der Waals surface area contributed by atoms with Gasteiger partial charge in [0.1, 0.15) is 5.57 Å². The number of carbonyl (C=O) groups excluding carboxylic acids is 3. The zero-order valence-corrected chi connectivity index (χ0v) is 17.2. The van der Waals surface area contributed by atoms with Crippen LogP contribution in [0.2, 0.25) is 0 Å². The van der Waals surface area contributed by atoms with Gasteiger partial charge >= 0.3 is 17.9 Å². The predicted molar refractivity (Wildman–Crippen MR) is 97.4 cm³/mol.